The third kappa shape index (κ3) is 5.68. The van der Waals surface area contributed by atoms with Gasteiger partial charge in [0.05, 0.1) is 12.1 Å². The monoisotopic (exact) mass is 250 g/mol. The number of carbonyl (C=O) groups excluding carboxylic acids is 1. The standard InChI is InChI=1S/C11H22N2O2.ClH/c1-8(2)6-10(12)11(14)13-7-9-4-3-5-15-9;/h8-10H,3-7,12H2,1-2H3,(H,13,14);1H/t9?,10-;/m0./s1. The van der Waals surface area contributed by atoms with Gasteiger partial charge in [0.2, 0.25) is 5.91 Å². The first kappa shape index (κ1) is 15.7. The zero-order valence-electron chi connectivity index (χ0n) is 10.1. The van der Waals surface area contributed by atoms with Crippen molar-refractivity contribution in [3.63, 3.8) is 0 Å². The lowest BCUT2D eigenvalue weighted by Gasteiger charge is -2.16. The highest BCUT2D eigenvalue weighted by atomic mass is 35.5. The Hall–Kier alpha value is -0.320. The summed E-state index contributed by atoms with van der Waals surface area (Å²) in [5.74, 6) is 0.396. The van der Waals surface area contributed by atoms with E-state index in [9.17, 15) is 4.79 Å². The molecule has 1 saturated heterocycles. The Morgan fingerprint density at radius 2 is 2.25 bits per heavy atom. The number of carbonyl (C=O) groups is 1. The average molecular weight is 251 g/mol. The van der Waals surface area contributed by atoms with Crippen LogP contribution in [0.3, 0.4) is 0 Å². The lowest BCUT2D eigenvalue weighted by Crippen LogP contribution is -2.43. The normalized spacial score (nSPS) is 21.6. The summed E-state index contributed by atoms with van der Waals surface area (Å²) in [6, 6.07) is -0.383. The molecule has 1 heterocycles. The molecule has 0 aromatic rings. The van der Waals surface area contributed by atoms with E-state index in [4.69, 9.17) is 10.5 Å². The molecule has 1 rings (SSSR count). The highest BCUT2D eigenvalue weighted by molar-refractivity contribution is 5.85. The van der Waals surface area contributed by atoms with E-state index in [-0.39, 0.29) is 30.5 Å². The number of ether oxygens (including phenoxy) is 1. The molecule has 96 valence electrons. The number of nitrogens with two attached hydrogens (primary N) is 1. The van der Waals surface area contributed by atoms with Crippen LogP contribution in [-0.4, -0.2) is 31.2 Å². The summed E-state index contributed by atoms with van der Waals surface area (Å²) >= 11 is 0. The fourth-order valence-corrected chi connectivity index (χ4v) is 1.77. The van der Waals surface area contributed by atoms with Crippen molar-refractivity contribution in [2.75, 3.05) is 13.2 Å². The topological polar surface area (TPSA) is 64.4 Å². The quantitative estimate of drug-likeness (QED) is 0.768. The molecule has 0 aromatic heterocycles. The first-order valence-electron chi connectivity index (χ1n) is 5.74. The van der Waals surface area contributed by atoms with Crippen LogP contribution >= 0.6 is 12.4 Å². The Morgan fingerprint density at radius 1 is 1.56 bits per heavy atom. The number of rotatable bonds is 5. The molecule has 4 nitrogen and oxygen atoms in total. The molecule has 0 radical (unpaired) electrons. The van der Waals surface area contributed by atoms with Crippen molar-refractivity contribution in [2.45, 2.75) is 45.3 Å². The smallest absolute Gasteiger partial charge is 0.237 e. The summed E-state index contributed by atoms with van der Waals surface area (Å²) in [5, 5.41) is 2.84. The highest BCUT2D eigenvalue weighted by Crippen LogP contribution is 2.10. The second kappa shape index (κ2) is 7.87. The van der Waals surface area contributed by atoms with Crippen molar-refractivity contribution in [1.29, 1.82) is 0 Å². The summed E-state index contributed by atoms with van der Waals surface area (Å²) in [4.78, 5) is 11.5. The van der Waals surface area contributed by atoms with Crippen molar-refractivity contribution in [3.8, 4) is 0 Å². The number of hydrogen-bond acceptors (Lipinski definition) is 3. The first-order valence-corrected chi connectivity index (χ1v) is 5.74. The molecule has 3 N–H and O–H groups in total. The van der Waals surface area contributed by atoms with Gasteiger partial charge in [-0.2, -0.15) is 0 Å². The number of nitrogens with one attached hydrogen (secondary N) is 1. The Balaban J connectivity index is 0.00000225. The zero-order valence-corrected chi connectivity index (χ0v) is 10.9. The van der Waals surface area contributed by atoms with Gasteiger partial charge in [-0.25, -0.2) is 0 Å². The third-order valence-electron chi connectivity index (χ3n) is 2.59. The van der Waals surface area contributed by atoms with Gasteiger partial charge in [-0.15, -0.1) is 12.4 Å². The second-order valence-corrected chi connectivity index (χ2v) is 4.62. The molecule has 0 saturated carbocycles. The minimum Gasteiger partial charge on any atom is -0.376 e. The number of amides is 1. The Labute approximate surface area is 104 Å². The van der Waals surface area contributed by atoms with Gasteiger partial charge in [0.1, 0.15) is 0 Å². The second-order valence-electron chi connectivity index (χ2n) is 4.62. The van der Waals surface area contributed by atoms with E-state index in [1.54, 1.807) is 0 Å². The van der Waals surface area contributed by atoms with Crippen molar-refractivity contribution in [2.24, 2.45) is 11.7 Å². The van der Waals surface area contributed by atoms with Gasteiger partial charge in [0, 0.05) is 13.2 Å². The van der Waals surface area contributed by atoms with Crippen molar-refractivity contribution >= 4 is 18.3 Å². The van der Waals surface area contributed by atoms with Crippen LogP contribution in [0, 0.1) is 5.92 Å². The van der Waals surface area contributed by atoms with Gasteiger partial charge >= 0.3 is 0 Å². The molecule has 1 aliphatic rings. The largest absolute Gasteiger partial charge is 0.376 e. The van der Waals surface area contributed by atoms with Gasteiger partial charge in [0.25, 0.3) is 0 Å². The predicted octanol–water partition coefficient (Wildman–Crippen LogP) is 1.08. The molecular formula is C11H23ClN2O2. The minimum atomic E-state index is -0.383. The molecule has 16 heavy (non-hydrogen) atoms. The van der Waals surface area contributed by atoms with Crippen LogP contribution in [0.5, 0.6) is 0 Å². The molecule has 1 unspecified atom stereocenters. The maximum atomic E-state index is 11.5. The lowest BCUT2D eigenvalue weighted by molar-refractivity contribution is -0.123. The Bertz CT molecular complexity index is 206. The fourth-order valence-electron chi connectivity index (χ4n) is 1.77. The van der Waals surface area contributed by atoms with Crippen molar-refractivity contribution in [3.05, 3.63) is 0 Å². The molecule has 1 fully saturated rings. The maximum Gasteiger partial charge on any atom is 0.237 e. The van der Waals surface area contributed by atoms with E-state index in [1.807, 2.05) is 0 Å². The minimum absolute atomic E-state index is 0. The molecule has 2 atom stereocenters. The molecule has 0 aliphatic carbocycles. The van der Waals surface area contributed by atoms with Crippen LogP contribution in [0.25, 0.3) is 0 Å². The number of halogens is 1. The van der Waals surface area contributed by atoms with E-state index in [1.165, 1.54) is 0 Å². The molecular weight excluding hydrogens is 228 g/mol. The van der Waals surface area contributed by atoms with Crippen LogP contribution in [0.2, 0.25) is 0 Å². The SMILES string of the molecule is CC(C)C[C@H](N)C(=O)NCC1CCCO1.Cl. The van der Waals surface area contributed by atoms with Gasteiger partial charge in [-0.3, -0.25) is 4.79 Å². The molecule has 0 bridgehead atoms. The molecule has 0 spiro atoms. The summed E-state index contributed by atoms with van der Waals surface area (Å²) in [5.41, 5.74) is 5.75. The Kier molecular flexibility index (Phi) is 7.72. The van der Waals surface area contributed by atoms with E-state index in [0.29, 0.717) is 12.5 Å². The van der Waals surface area contributed by atoms with Crippen LogP contribution < -0.4 is 11.1 Å². The first-order chi connectivity index (χ1) is 7.09. The van der Waals surface area contributed by atoms with Gasteiger partial charge in [-0.1, -0.05) is 13.8 Å². The Morgan fingerprint density at radius 3 is 2.75 bits per heavy atom. The van der Waals surface area contributed by atoms with Crippen LogP contribution in [-0.2, 0) is 9.53 Å². The molecule has 5 heteroatoms. The molecule has 1 amide bonds. The van der Waals surface area contributed by atoms with Crippen LogP contribution in [0.4, 0.5) is 0 Å². The molecule has 0 aromatic carbocycles. The maximum absolute atomic E-state index is 11.5. The van der Waals surface area contributed by atoms with Gasteiger partial charge in [0.15, 0.2) is 0 Å². The fraction of sp³-hybridized carbons (Fsp3) is 0.909. The van der Waals surface area contributed by atoms with E-state index in [0.717, 1.165) is 25.9 Å². The van der Waals surface area contributed by atoms with E-state index in [2.05, 4.69) is 19.2 Å². The van der Waals surface area contributed by atoms with Gasteiger partial charge < -0.3 is 15.8 Å². The predicted molar refractivity (Wildman–Crippen MR) is 66.7 cm³/mol. The third-order valence-corrected chi connectivity index (χ3v) is 2.59. The van der Waals surface area contributed by atoms with Gasteiger partial charge in [-0.05, 0) is 25.2 Å². The van der Waals surface area contributed by atoms with Crippen molar-refractivity contribution < 1.29 is 9.53 Å². The lowest BCUT2D eigenvalue weighted by atomic mass is 10.0. The number of hydrogen-bond donors (Lipinski definition) is 2. The summed E-state index contributed by atoms with van der Waals surface area (Å²) in [6.45, 7) is 5.55. The van der Waals surface area contributed by atoms with Crippen molar-refractivity contribution in [1.82, 2.24) is 5.32 Å². The summed E-state index contributed by atoms with van der Waals surface area (Å²) < 4.78 is 5.41. The van der Waals surface area contributed by atoms with E-state index < -0.39 is 0 Å². The van der Waals surface area contributed by atoms with Crippen LogP contribution in [0.1, 0.15) is 33.1 Å². The average Bonchev–Trinajstić information content (AvgIpc) is 2.65. The highest BCUT2D eigenvalue weighted by Gasteiger charge is 2.19. The summed E-state index contributed by atoms with van der Waals surface area (Å²) in [6.07, 6.45) is 3.07. The molecule has 1 aliphatic heterocycles. The summed E-state index contributed by atoms with van der Waals surface area (Å²) in [7, 11) is 0. The zero-order chi connectivity index (χ0) is 11.3. The van der Waals surface area contributed by atoms with E-state index >= 15 is 0 Å². The van der Waals surface area contributed by atoms with Crippen LogP contribution in [0.15, 0.2) is 0 Å².